The monoisotopic (exact) mass is 314 g/mol. The standard InChI is InChI=1S/C10H8Cl2N6S/c11-7-8(12)17(4-13-7)3-6-16-18-9(5-1-2-5)14-15-10(18)19-6/h4-5H,1-3H2. The van der Waals surface area contributed by atoms with Crippen molar-refractivity contribution < 1.29 is 0 Å². The molecule has 0 unspecified atom stereocenters. The van der Waals surface area contributed by atoms with Gasteiger partial charge >= 0.3 is 0 Å². The van der Waals surface area contributed by atoms with Gasteiger partial charge in [0.25, 0.3) is 0 Å². The summed E-state index contributed by atoms with van der Waals surface area (Å²) in [5.41, 5.74) is 0. The van der Waals surface area contributed by atoms with Gasteiger partial charge in [0.2, 0.25) is 4.96 Å². The van der Waals surface area contributed by atoms with Crippen LogP contribution >= 0.6 is 34.5 Å². The highest BCUT2D eigenvalue weighted by Crippen LogP contribution is 2.39. The second kappa shape index (κ2) is 4.16. The maximum atomic E-state index is 6.03. The van der Waals surface area contributed by atoms with Gasteiger partial charge in [0.05, 0.1) is 12.9 Å². The Hall–Kier alpha value is -1.18. The first-order valence-corrected chi connectivity index (χ1v) is 7.37. The molecule has 98 valence electrons. The fourth-order valence-corrected chi connectivity index (χ4v) is 3.07. The lowest BCUT2D eigenvalue weighted by Crippen LogP contribution is -2.00. The van der Waals surface area contributed by atoms with E-state index in [1.165, 1.54) is 24.2 Å². The Labute approximate surface area is 122 Å². The van der Waals surface area contributed by atoms with E-state index in [9.17, 15) is 0 Å². The van der Waals surface area contributed by atoms with Gasteiger partial charge in [0.15, 0.2) is 11.0 Å². The highest BCUT2D eigenvalue weighted by Gasteiger charge is 2.30. The Morgan fingerprint density at radius 1 is 1.32 bits per heavy atom. The second-order valence-corrected chi connectivity index (χ2v) is 6.23. The summed E-state index contributed by atoms with van der Waals surface area (Å²) in [6.45, 7) is 0.538. The van der Waals surface area contributed by atoms with Gasteiger partial charge in [-0.15, -0.1) is 10.2 Å². The topological polar surface area (TPSA) is 60.9 Å². The molecule has 0 N–H and O–H groups in total. The van der Waals surface area contributed by atoms with E-state index in [0.29, 0.717) is 22.8 Å². The molecule has 0 amide bonds. The van der Waals surface area contributed by atoms with Crippen LogP contribution in [0.2, 0.25) is 10.3 Å². The van der Waals surface area contributed by atoms with Crippen molar-refractivity contribution in [2.45, 2.75) is 25.3 Å². The van der Waals surface area contributed by atoms with E-state index >= 15 is 0 Å². The minimum absolute atomic E-state index is 0.309. The predicted molar refractivity (Wildman–Crippen MR) is 72.0 cm³/mol. The van der Waals surface area contributed by atoms with Crippen molar-refractivity contribution in [3.8, 4) is 0 Å². The molecular formula is C10H8Cl2N6S. The molecule has 3 aromatic heterocycles. The third-order valence-corrected chi connectivity index (χ3v) is 4.69. The number of aromatic nitrogens is 6. The molecule has 1 saturated carbocycles. The lowest BCUT2D eigenvalue weighted by Gasteiger charge is -1.99. The van der Waals surface area contributed by atoms with Crippen molar-refractivity contribution in [2.75, 3.05) is 0 Å². The lowest BCUT2D eigenvalue weighted by atomic mass is 10.4. The summed E-state index contributed by atoms with van der Waals surface area (Å²) in [7, 11) is 0. The first-order valence-electron chi connectivity index (χ1n) is 5.79. The number of hydrogen-bond acceptors (Lipinski definition) is 5. The van der Waals surface area contributed by atoms with E-state index in [-0.39, 0.29) is 0 Å². The Morgan fingerprint density at radius 2 is 2.16 bits per heavy atom. The van der Waals surface area contributed by atoms with Gasteiger partial charge in [-0.05, 0) is 12.8 Å². The maximum absolute atomic E-state index is 6.03. The van der Waals surface area contributed by atoms with Crippen molar-refractivity contribution in [3.63, 3.8) is 0 Å². The molecule has 0 aliphatic heterocycles. The van der Waals surface area contributed by atoms with Crippen molar-refractivity contribution in [3.05, 3.63) is 27.5 Å². The Kier molecular flexibility index (Phi) is 2.54. The molecule has 4 rings (SSSR count). The fraction of sp³-hybridized carbons (Fsp3) is 0.400. The molecule has 1 aliphatic rings. The molecule has 1 fully saturated rings. The number of hydrogen-bond donors (Lipinski definition) is 0. The van der Waals surface area contributed by atoms with E-state index in [1.807, 2.05) is 4.52 Å². The zero-order valence-electron chi connectivity index (χ0n) is 9.62. The van der Waals surface area contributed by atoms with E-state index in [2.05, 4.69) is 20.3 Å². The third kappa shape index (κ3) is 1.92. The van der Waals surface area contributed by atoms with Crippen LogP contribution in [0.15, 0.2) is 6.33 Å². The van der Waals surface area contributed by atoms with Gasteiger partial charge in [-0.3, -0.25) is 0 Å². The van der Waals surface area contributed by atoms with Crippen LogP contribution in [0.25, 0.3) is 4.96 Å². The van der Waals surface area contributed by atoms with Gasteiger partial charge in [0, 0.05) is 5.92 Å². The summed E-state index contributed by atoms with van der Waals surface area (Å²) in [4.78, 5) is 4.77. The van der Waals surface area contributed by atoms with Gasteiger partial charge < -0.3 is 4.57 Å². The van der Waals surface area contributed by atoms with Crippen molar-refractivity contribution in [1.82, 2.24) is 29.4 Å². The Morgan fingerprint density at radius 3 is 2.84 bits per heavy atom. The van der Waals surface area contributed by atoms with Crippen LogP contribution in [0.5, 0.6) is 0 Å². The van der Waals surface area contributed by atoms with Crippen molar-refractivity contribution in [1.29, 1.82) is 0 Å². The quantitative estimate of drug-likeness (QED) is 0.745. The highest BCUT2D eigenvalue weighted by molar-refractivity contribution is 7.16. The van der Waals surface area contributed by atoms with Gasteiger partial charge in [-0.2, -0.15) is 9.61 Å². The van der Waals surface area contributed by atoms with E-state index in [1.54, 1.807) is 10.9 Å². The molecule has 9 heteroatoms. The lowest BCUT2D eigenvalue weighted by molar-refractivity contribution is 0.745. The Balaban J connectivity index is 1.69. The number of nitrogens with zero attached hydrogens (tertiary/aromatic N) is 6. The summed E-state index contributed by atoms with van der Waals surface area (Å²) in [5.74, 6) is 1.49. The molecule has 3 heterocycles. The van der Waals surface area contributed by atoms with Crippen LogP contribution < -0.4 is 0 Å². The number of rotatable bonds is 3. The summed E-state index contributed by atoms with van der Waals surface area (Å²) >= 11 is 13.4. The molecule has 3 aromatic rings. The summed E-state index contributed by atoms with van der Waals surface area (Å²) in [6.07, 6.45) is 3.96. The SMILES string of the molecule is Clc1ncn(Cc2nn3c(C4CC4)nnc3s2)c1Cl. The van der Waals surface area contributed by atoms with Crippen molar-refractivity contribution >= 4 is 39.5 Å². The van der Waals surface area contributed by atoms with E-state index in [0.717, 1.165) is 15.8 Å². The van der Waals surface area contributed by atoms with Crippen LogP contribution in [0.4, 0.5) is 0 Å². The molecule has 19 heavy (non-hydrogen) atoms. The molecule has 0 radical (unpaired) electrons. The average molecular weight is 315 g/mol. The number of imidazole rings is 1. The Bertz CT molecular complexity index is 755. The van der Waals surface area contributed by atoms with E-state index < -0.39 is 0 Å². The molecular weight excluding hydrogens is 307 g/mol. The first kappa shape index (κ1) is 11.6. The largest absolute Gasteiger partial charge is 0.313 e. The third-order valence-electron chi connectivity index (χ3n) is 3.04. The van der Waals surface area contributed by atoms with Gasteiger partial charge in [-0.25, -0.2) is 4.98 Å². The second-order valence-electron chi connectivity index (χ2n) is 4.48. The van der Waals surface area contributed by atoms with Gasteiger partial charge in [-0.1, -0.05) is 34.5 Å². The predicted octanol–water partition coefficient (Wildman–Crippen LogP) is 2.61. The molecule has 0 spiro atoms. The summed E-state index contributed by atoms with van der Waals surface area (Å²) in [5, 5.41) is 14.5. The minimum atomic E-state index is 0.309. The van der Waals surface area contributed by atoms with Crippen LogP contribution in [0.1, 0.15) is 29.6 Å². The zero-order chi connectivity index (χ0) is 13.0. The highest BCUT2D eigenvalue weighted by atomic mass is 35.5. The molecule has 0 bridgehead atoms. The summed E-state index contributed by atoms with van der Waals surface area (Å²) < 4.78 is 3.59. The van der Waals surface area contributed by atoms with Crippen LogP contribution in [-0.2, 0) is 6.54 Å². The first-order chi connectivity index (χ1) is 9.22. The minimum Gasteiger partial charge on any atom is -0.313 e. The molecule has 0 saturated heterocycles. The average Bonchev–Trinajstić information content (AvgIpc) is 2.94. The zero-order valence-corrected chi connectivity index (χ0v) is 12.0. The van der Waals surface area contributed by atoms with Gasteiger partial charge in [0.1, 0.15) is 10.2 Å². The summed E-state index contributed by atoms with van der Waals surface area (Å²) in [6, 6.07) is 0. The maximum Gasteiger partial charge on any atom is 0.234 e. The van der Waals surface area contributed by atoms with E-state index in [4.69, 9.17) is 23.2 Å². The molecule has 0 atom stereocenters. The van der Waals surface area contributed by atoms with Crippen LogP contribution in [0, 0.1) is 0 Å². The molecule has 0 aromatic carbocycles. The smallest absolute Gasteiger partial charge is 0.234 e. The molecule has 1 aliphatic carbocycles. The normalized spacial score (nSPS) is 15.5. The van der Waals surface area contributed by atoms with Crippen LogP contribution in [-0.4, -0.2) is 29.4 Å². The number of halogens is 2. The molecule has 6 nitrogen and oxygen atoms in total. The number of fused-ring (bicyclic) bond motifs is 1. The fourth-order valence-electron chi connectivity index (χ4n) is 1.93. The van der Waals surface area contributed by atoms with Crippen LogP contribution in [0.3, 0.4) is 0 Å². The van der Waals surface area contributed by atoms with Crippen molar-refractivity contribution in [2.24, 2.45) is 0 Å².